The van der Waals surface area contributed by atoms with E-state index in [-0.39, 0.29) is 10.9 Å². The molecule has 1 aliphatic carbocycles. The summed E-state index contributed by atoms with van der Waals surface area (Å²) in [6.45, 7) is 4.91. The number of hydrogen-bond donors (Lipinski definition) is 2. The number of nitrogens with zero attached hydrogens (tertiary/aromatic N) is 1. The Morgan fingerprint density at radius 3 is 2.85 bits per heavy atom. The van der Waals surface area contributed by atoms with Gasteiger partial charge in [0.2, 0.25) is 10.0 Å². The highest BCUT2D eigenvalue weighted by Crippen LogP contribution is 2.36. The lowest BCUT2D eigenvalue weighted by molar-refractivity contribution is 0.573. The van der Waals surface area contributed by atoms with Crippen molar-refractivity contribution in [3.63, 3.8) is 0 Å². The topological polar surface area (TPSA) is 71.1 Å². The summed E-state index contributed by atoms with van der Waals surface area (Å²) in [6.07, 6.45) is 7.09. The highest BCUT2D eigenvalue weighted by Gasteiger charge is 2.39. The predicted octanol–water partition coefficient (Wildman–Crippen LogP) is 2.37. The van der Waals surface area contributed by atoms with E-state index in [1.165, 1.54) is 6.20 Å². The maximum absolute atomic E-state index is 12.4. The van der Waals surface area contributed by atoms with Crippen LogP contribution in [0.3, 0.4) is 0 Å². The fraction of sp³-hybridized carbons (Fsp3) is 0.643. The summed E-state index contributed by atoms with van der Waals surface area (Å²) in [4.78, 5) is 4.19. The summed E-state index contributed by atoms with van der Waals surface area (Å²) in [5, 5.41) is 3.14. The van der Waals surface area contributed by atoms with Crippen molar-refractivity contribution in [3.8, 4) is 0 Å². The normalized spacial score (nSPS) is 21.7. The summed E-state index contributed by atoms with van der Waals surface area (Å²) in [5.41, 5.74) is 0.627. The van der Waals surface area contributed by atoms with E-state index in [1.54, 1.807) is 12.3 Å². The average Bonchev–Trinajstić information content (AvgIpc) is 3.14. The van der Waals surface area contributed by atoms with Crippen LogP contribution < -0.4 is 10.0 Å². The fourth-order valence-corrected chi connectivity index (χ4v) is 3.79. The molecule has 0 radical (unpaired) electrons. The Morgan fingerprint density at radius 2 is 2.15 bits per heavy atom. The molecule has 0 bridgehead atoms. The molecular weight excluding hydrogens is 274 g/mol. The molecular formula is C14H23N3O2S. The SMILES string of the molecule is CCCNc1ccncc1S(=O)(=O)NC1CC1CCC. The number of aromatic nitrogens is 1. The molecule has 0 amide bonds. The van der Waals surface area contributed by atoms with Gasteiger partial charge in [0.25, 0.3) is 0 Å². The first-order valence-electron chi connectivity index (χ1n) is 7.28. The van der Waals surface area contributed by atoms with Crippen molar-refractivity contribution in [2.24, 2.45) is 5.92 Å². The Bertz CT molecular complexity index is 545. The minimum atomic E-state index is -3.48. The van der Waals surface area contributed by atoms with Crippen molar-refractivity contribution in [2.75, 3.05) is 11.9 Å². The number of anilines is 1. The smallest absolute Gasteiger partial charge is 0.244 e. The molecule has 2 rings (SSSR count). The molecule has 1 fully saturated rings. The number of nitrogens with one attached hydrogen (secondary N) is 2. The van der Waals surface area contributed by atoms with Crippen LogP contribution in [0.1, 0.15) is 39.5 Å². The van der Waals surface area contributed by atoms with Crippen molar-refractivity contribution in [3.05, 3.63) is 18.5 Å². The van der Waals surface area contributed by atoms with E-state index in [9.17, 15) is 8.42 Å². The van der Waals surface area contributed by atoms with E-state index in [0.29, 0.717) is 11.6 Å². The van der Waals surface area contributed by atoms with Gasteiger partial charge in [-0.3, -0.25) is 4.98 Å². The second kappa shape index (κ2) is 6.54. The first-order chi connectivity index (χ1) is 9.58. The third kappa shape index (κ3) is 3.70. The molecule has 2 unspecified atom stereocenters. The van der Waals surface area contributed by atoms with Gasteiger partial charge in [0.15, 0.2) is 0 Å². The summed E-state index contributed by atoms with van der Waals surface area (Å²) in [7, 11) is -3.48. The van der Waals surface area contributed by atoms with Crippen LogP contribution in [0.15, 0.2) is 23.4 Å². The summed E-state index contributed by atoms with van der Waals surface area (Å²) < 4.78 is 27.6. The Balaban J connectivity index is 2.09. The van der Waals surface area contributed by atoms with E-state index >= 15 is 0 Å². The Labute approximate surface area is 121 Å². The van der Waals surface area contributed by atoms with Gasteiger partial charge >= 0.3 is 0 Å². The van der Waals surface area contributed by atoms with Gasteiger partial charge in [0.1, 0.15) is 4.90 Å². The summed E-state index contributed by atoms with van der Waals surface area (Å²) >= 11 is 0. The van der Waals surface area contributed by atoms with Gasteiger partial charge in [-0.1, -0.05) is 20.3 Å². The van der Waals surface area contributed by atoms with Gasteiger partial charge in [-0.05, 0) is 31.2 Å². The molecule has 2 atom stereocenters. The van der Waals surface area contributed by atoms with Crippen molar-refractivity contribution < 1.29 is 8.42 Å². The van der Waals surface area contributed by atoms with Gasteiger partial charge in [-0.15, -0.1) is 0 Å². The van der Waals surface area contributed by atoms with Crippen LogP contribution in [0.2, 0.25) is 0 Å². The van der Waals surface area contributed by atoms with Crippen LogP contribution in [0, 0.1) is 5.92 Å². The number of rotatable bonds is 8. The standard InChI is InChI=1S/C14H23N3O2S/c1-3-5-11-9-13(11)17-20(18,19)14-10-15-8-6-12(14)16-7-4-2/h6,8,10-11,13,17H,3-5,7,9H2,1-2H3,(H,15,16). The molecule has 0 aromatic carbocycles. The molecule has 1 aromatic heterocycles. The monoisotopic (exact) mass is 297 g/mol. The minimum absolute atomic E-state index is 0.0965. The quantitative estimate of drug-likeness (QED) is 0.773. The molecule has 0 spiro atoms. The van der Waals surface area contributed by atoms with Crippen LogP contribution in [0.4, 0.5) is 5.69 Å². The highest BCUT2D eigenvalue weighted by atomic mass is 32.2. The lowest BCUT2D eigenvalue weighted by Crippen LogP contribution is -2.28. The summed E-state index contributed by atoms with van der Waals surface area (Å²) in [6, 6.07) is 1.81. The molecule has 0 saturated heterocycles. The second-order valence-corrected chi connectivity index (χ2v) is 6.99. The Hall–Kier alpha value is -1.14. The van der Waals surface area contributed by atoms with Gasteiger partial charge in [-0.2, -0.15) is 0 Å². The van der Waals surface area contributed by atoms with Crippen molar-refractivity contribution in [1.29, 1.82) is 0 Å². The fourth-order valence-electron chi connectivity index (χ4n) is 2.34. The third-order valence-electron chi connectivity index (χ3n) is 3.53. The van der Waals surface area contributed by atoms with E-state index in [1.807, 2.05) is 6.92 Å². The van der Waals surface area contributed by atoms with Crippen molar-refractivity contribution >= 4 is 15.7 Å². The maximum atomic E-state index is 12.4. The minimum Gasteiger partial charge on any atom is -0.384 e. The van der Waals surface area contributed by atoms with Crippen molar-refractivity contribution in [2.45, 2.75) is 50.5 Å². The number of sulfonamides is 1. The lowest BCUT2D eigenvalue weighted by atomic mass is 10.2. The number of hydrogen-bond acceptors (Lipinski definition) is 4. The Kier molecular flexibility index (Phi) is 4.99. The van der Waals surface area contributed by atoms with E-state index in [2.05, 4.69) is 21.9 Å². The van der Waals surface area contributed by atoms with Crippen LogP contribution in [-0.2, 0) is 10.0 Å². The molecule has 1 heterocycles. The van der Waals surface area contributed by atoms with Crippen molar-refractivity contribution in [1.82, 2.24) is 9.71 Å². The average molecular weight is 297 g/mol. The first-order valence-corrected chi connectivity index (χ1v) is 8.77. The molecule has 112 valence electrons. The molecule has 1 aromatic rings. The van der Waals surface area contributed by atoms with E-state index in [0.717, 1.165) is 32.2 Å². The molecule has 0 aliphatic heterocycles. The second-order valence-electron chi connectivity index (χ2n) is 5.31. The molecule has 20 heavy (non-hydrogen) atoms. The molecule has 1 aliphatic rings. The van der Waals surface area contributed by atoms with E-state index < -0.39 is 10.0 Å². The molecule has 2 N–H and O–H groups in total. The van der Waals surface area contributed by atoms with Gasteiger partial charge in [-0.25, -0.2) is 13.1 Å². The van der Waals surface area contributed by atoms with Gasteiger partial charge in [0, 0.05) is 25.0 Å². The highest BCUT2D eigenvalue weighted by molar-refractivity contribution is 7.89. The summed E-state index contributed by atoms with van der Waals surface area (Å²) in [5.74, 6) is 0.499. The zero-order valence-electron chi connectivity index (χ0n) is 12.1. The zero-order chi connectivity index (χ0) is 14.6. The molecule has 6 heteroatoms. The van der Waals surface area contributed by atoms with E-state index in [4.69, 9.17) is 0 Å². The van der Waals surface area contributed by atoms with Gasteiger partial charge < -0.3 is 5.32 Å². The van der Waals surface area contributed by atoms with Crippen LogP contribution in [0.5, 0.6) is 0 Å². The van der Waals surface area contributed by atoms with Crippen LogP contribution in [0.25, 0.3) is 0 Å². The van der Waals surface area contributed by atoms with Crippen LogP contribution >= 0.6 is 0 Å². The van der Waals surface area contributed by atoms with Crippen LogP contribution in [-0.4, -0.2) is 26.0 Å². The molecule has 5 nitrogen and oxygen atoms in total. The predicted molar refractivity (Wildman–Crippen MR) is 80.1 cm³/mol. The molecule has 1 saturated carbocycles. The third-order valence-corrected chi connectivity index (χ3v) is 5.05. The van der Waals surface area contributed by atoms with Gasteiger partial charge in [0.05, 0.1) is 5.69 Å². The lowest BCUT2D eigenvalue weighted by Gasteiger charge is -2.12. The maximum Gasteiger partial charge on any atom is 0.244 e. The first kappa shape index (κ1) is 15.3. The Morgan fingerprint density at radius 1 is 1.35 bits per heavy atom. The number of pyridine rings is 1. The largest absolute Gasteiger partial charge is 0.384 e. The zero-order valence-corrected chi connectivity index (χ0v) is 12.9.